The summed E-state index contributed by atoms with van der Waals surface area (Å²) >= 11 is 0. The first-order valence-corrected chi connectivity index (χ1v) is 5.64. The van der Waals surface area contributed by atoms with Crippen LogP contribution in [0.4, 0.5) is 0 Å². The molecule has 0 aliphatic carbocycles. The highest BCUT2D eigenvalue weighted by atomic mass is 16.4. The average Bonchev–Trinajstić information content (AvgIpc) is 2.47. The Morgan fingerprint density at radius 1 is 0.810 bits per heavy atom. The van der Waals surface area contributed by atoms with Gasteiger partial charge in [0.25, 0.3) is 0 Å². The molecule has 21 heavy (non-hydrogen) atoms. The summed E-state index contributed by atoms with van der Waals surface area (Å²) in [6.45, 7) is 6.32. The number of carboxylic acids is 2. The van der Waals surface area contributed by atoms with Gasteiger partial charge in [0, 0.05) is 13.2 Å². The van der Waals surface area contributed by atoms with Crippen LogP contribution in [0, 0.1) is 22.7 Å². The fourth-order valence-corrected chi connectivity index (χ4v) is 0.496. The lowest BCUT2D eigenvalue weighted by Crippen LogP contribution is -1.94. The van der Waals surface area contributed by atoms with E-state index in [1.165, 1.54) is 12.1 Å². The van der Waals surface area contributed by atoms with Crippen molar-refractivity contribution in [1.29, 1.82) is 10.5 Å². The summed E-state index contributed by atoms with van der Waals surface area (Å²) in [5.41, 5.74) is -0.861. The maximum absolute atomic E-state index is 9.61. The van der Waals surface area contributed by atoms with Gasteiger partial charge in [-0.1, -0.05) is 13.2 Å². The van der Waals surface area contributed by atoms with Crippen LogP contribution in [0.25, 0.3) is 0 Å². The van der Waals surface area contributed by atoms with Gasteiger partial charge in [-0.2, -0.15) is 10.5 Å². The molecule has 0 spiro atoms. The van der Waals surface area contributed by atoms with Crippen molar-refractivity contribution in [3.05, 3.63) is 24.3 Å². The molecule has 0 fully saturated rings. The van der Waals surface area contributed by atoms with Crippen LogP contribution in [0.15, 0.2) is 24.3 Å². The van der Waals surface area contributed by atoms with Gasteiger partial charge in [-0.25, -0.2) is 9.59 Å². The first kappa shape index (κ1) is 23.4. The molecule has 0 saturated carbocycles. The van der Waals surface area contributed by atoms with Crippen molar-refractivity contribution >= 4 is 11.9 Å². The van der Waals surface area contributed by atoms with Crippen molar-refractivity contribution in [3.8, 4) is 12.1 Å². The Bertz CT molecular complexity index is 391. The number of aliphatic hydroxyl groups is 2. The molecule has 0 aliphatic heterocycles. The molecular formula is C13H18N2O6. The van der Waals surface area contributed by atoms with E-state index >= 15 is 0 Å². The number of nitriles is 2. The van der Waals surface area contributed by atoms with Gasteiger partial charge in [-0.15, -0.1) is 0 Å². The van der Waals surface area contributed by atoms with E-state index in [2.05, 4.69) is 13.2 Å². The number of carbonyl (C=O) groups is 2. The lowest BCUT2D eigenvalue weighted by atomic mass is 10.2. The number of aliphatic carboxylic acids is 2. The zero-order chi connectivity index (χ0) is 17.3. The molecule has 8 heteroatoms. The zero-order valence-corrected chi connectivity index (χ0v) is 11.4. The summed E-state index contributed by atoms with van der Waals surface area (Å²) in [7, 11) is 0. The Morgan fingerprint density at radius 2 is 1.10 bits per heavy atom. The summed E-state index contributed by atoms with van der Waals surface area (Å²) < 4.78 is 0. The number of hydrogen-bond acceptors (Lipinski definition) is 6. The minimum absolute atomic E-state index is 0.250. The minimum atomic E-state index is -1.26. The summed E-state index contributed by atoms with van der Waals surface area (Å²) in [4.78, 5) is 19.2. The quantitative estimate of drug-likeness (QED) is 0.312. The highest BCUT2D eigenvalue weighted by Crippen LogP contribution is 1.90. The molecule has 0 saturated heterocycles. The second-order valence-corrected chi connectivity index (χ2v) is 3.30. The predicted molar refractivity (Wildman–Crippen MR) is 72.8 cm³/mol. The van der Waals surface area contributed by atoms with E-state index in [1.54, 1.807) is 0 Å². The van der Waals surface area contributed by atoms with Crippen molar-refractivity contribution in [1.82, 2.24) is 0 Å². The largest absolute Gasteiger partial charge is 0.477 e. The number of nitrogens with zero attached hydrogens (tertiary/aromatic N) is 2. The molecule has 0 atom stereocenters. The lowest BCUT2D eigenvalue weighted by molar-refractivity contribution is -0.133. The van der Waals surface area contributed by atoms with E-state index in [0.717, 1.165) is 19.3 Å². The molecule has 0 heterocycles. The maximum Gasteiger partial charge on any atom is 0.345 e. The molecule has 0 radical (unpaired) electrons. The van der Waals surface area contributed by atoms with Crippen molar-refractivity contribution in [2.45, 2.75) is 19.3 Å². The molecule has 116 valence electrons. The van der Waals surface area contributed by atoms with Crippen LogP contribution < -0.4 is 0 Å². The van der Waals surface area contributed by atoms with Crippen molar-refractivity contribution in [2.24, 2.45) is 0 Å². The molecule has 4 N–H and O–H groups in total. The van der Waals surface area contributed by atoms with Crippen LogP contribution >= 0.6 is 0 Å². The lowest BCUT2D eigenvalue weighted by Gasteiger charge is -1.90. The van der Waals surface area contributed by atoms with Crippen LogP contribution in [0.3, 0.4) is 0 Å². The first-order chi connectivity index (χ1) is 9.78. The first-order valence-electron chi connectivity index (χ1n) is 5.64. The Kier molecular flexibility index (Phi) is 19.3. The molecule has 0 aromatic carbocycles. The van der Waals surface area contributed by atoms with Crippen LogP contribution in [0.1, 0.15) is 19.3 Å². The molecular weight excluding hydrogens is 280 g/mol. The van der Waals surface area contributed by atoms with E-state index in [9.17, 15) is 9.59 Å². The molecule has 0 amide bonds. The summed E-state index contributed by atoms with van der Waals surface area (Å²) in [6, 6.07) is 2.74. The summed E-state index contributed by atoms with van der Waals surface area (Å²) in [5, 5.41) is 47.7. The Hall–Kier alpha value is -2.68. The van der Waals surface area contributed by atoms with Gasteiger partial charge in [0.05, 0.1) is 0 Å². The van der Waals surface area contributed by atoms with Crippen molar-refractivity contribution < 1.29 is 30.0 Å². The topological polar surface area (TPSA) is 163 Å². The predicted octanol–water partition coefficient (Wildman–Crippen LogP) is 0.443. The van der Waals surface area contributed by atoms with E-state index in [-0.39, 0.29) is 13.2 Å². The fourth-order valence-electron chi connectivity index (χ4n) is 0.496. The Labute approximate surface area is 122 Å². The summed E-state index contributed by atoms with van der Waals surface area (Å²) in [6.07, 6.45) is 2.58. The Balaban J connectivity index is -0.000000231. The molecule has 0 unspecified atom stereocenters. The third kappa shape index (κ3) is 22.9. The van der Waals surface area contributed by atoms with Gasteiger partial charge in [0.15, 0.2) is 0 Å². The molecule has 0 rings (SSSR count). The normalized spacial score (nSPS) is 7.62. The monoisotopic (exact) mass is 298 g/mol. The molecule has 0 aromatic heterocycles. The van der Waals surface area contributed by atoms with Crippen LogP contribution in [0.2, 0.25) is 0 Å². The van der Waals surface area contributed by atoms with Gasteiger partial charge in [-0.05, 0) is 19.3 Å². The molecule has 0 aliphatic rings. The second kappa shape index (κ2) is 17.3. The SMILES string of the molecule is C=C(C#N)C(=O)O.C=C(C#N)C(=O)O.OCCCCCO. The smallest absolute Gasteiger partial charge is 0.345 e. The number of unbranched alkanes of at least 4 members (excludes halogenated alkanes) is 2. The van der Waals surface area contributed by atoms with Gasteiger partial charge in [-0.3, -0.25) is 0 Å². The third-order valence-electron chi connectivity index (χ3n) is 1.60. The van der Waals surface area contributed by atoms with E-state index in [1.807, 2.05) is 0 Å². The number of carboxylic acid groups (broad SMARTS) is 2. The van der Waals surface area contributed by atoms with Crippen LogP contribution in [-0.2, 0) is 9.59 Å². The number of rotatable bonds is 6. The maximum atomic E-state index is 9.61. The zero-order valence-electron chi connectivity index (χ0n) is 11.4. The minimum Gasteiger partial charge on any atom is -0.477 e. The van der Waals surface area contributed by atoms with Crippen LogP contribution in [0.5, 0.6) is 0 Å². The fraction of sp³-hybridized carbons (Fsp3) is 0.385. The van der Waals surface area contributed by atoms with Crippen molar-refractivity contribution in [2.75, 3.05) is 13.2 Å². The summed E-state index contributed by atoms with van der Waals surface area (Å²) in [5.74, 6) is -2.52. The van der Waals surface area contributed by atoms with Gasteiger partial charge in [0.2, 0.25) is 0 Å². The molecule has 0 aromatic rings. The van der Waals surface area contributed by atoms with Gasteiger partial charge < -0.3 is 20.4 Å². The third-order valence-corrected chi connectivity index (χ3v) is 1.60. The molecule has 8 nitrogen and oxygen atoms in total. The van der Waals surface area contributed by atoms with E-state index in [0.29, 0.717) is 0 Å². The van der Waals surface area contributed by atoms with Gasteiger partial charge in [0.1, 0.15) is 23.3 Å². The highest BCUT2D eigenvalue weighted by Gasteiger charge is 1.98. The average molecular weight is 298 g/mol. The van der Waals surface area contributed by atoms with Crippen LogP contribution in [-0.4, -0.2) is 45.6 Å². The van der Waals surface area contributed by atoms with Crippen molar-refractivity contribution in [3.63, 3.8) is 0 Å². The highest BCUT2D eigenvalue weighted by molar-refractivity contribution is 5.90. The van der Waals surface area contributed by atoms with Gasteiger partial charge >= 0.3 is 11.9 Å². The second-order valence-electron chi connectivity index (χ2n) is 3.30. The Morgan fingerprint density at radius 3 is 1.19 bits per heavy atom. The molecule has 0 bridgehead atoms. The number of hydrogen-bond donors (Lipinski definition) is 4. The standard InChI is InChI=1S/C5H12O2.2C4H3NO2/c6-4-2-1-3-5-7;2*1-3(2-5)4(6)7/h6-7H,1-5H2;2*1H2,(H,6,7). The van der Waals surface area contributed by atoms with E-state index in [4.69, 9.17) is 30.9 Å². The van der Waals surface area contributed by atoms with E-state index < -0.39 is 23.1 Å². The number of aliphatic hydroxyl groups excluding tert-OH is 2.